The van der Waals surface area contributed by atoms with Crippen LogP contribution in [0, 0.1) is 0 Å². The molecular weight excluding hydrogens is 412 g/mol. The lowest BCUT2D eigenvalue weighted by Crippen LogP contribution is -2.28. The number of hydrogen-bond donors (Lipinski definition) is 0. The highest BCUT2D eigenvalue weighted by Crippen LogP contribution is 2.49. The lowest BCUT2D eigenvalue weighted by molar-refractivity contribution is 0.745. The van der Waals surface area contributed by atoms with Gasteiger partial charge in [0.05, 0.1) is 6.04 Å². The summed E-state index contributed by atoms with van der Waals surface area (Å²) in [6.07, 6.45) is 10.9. The zero-order chi connectivity index (χ0) is 22.9. The summed E-state index contributed by atoms with van der Waals surface area (Å²) in [5.74, 6) is 0.320. The monoisotopic (exact) mass is 438 g/mol. The van der Waals surface area contributed by atoms with Crippen molar-refractivity contribution in [3.8, 4) is 0 Å². The fourth-order valence-electron chi connectivity index (χ4n) is 5.14. The van der Waals surface area contributed by atoms with Crippen molar-refractivity contribution in [2.24, 2.45) is 0 Å². The molecule has 2 unspecified atom stereocenters. The first kappa shape index (κ1) is 20.3. The number of para-hydroxylation sites is 2. The van der Waals surface area contributed by atoms with Crippen molar-refractivity contribution in [1.82, 2.24) is 0 Å². The molecule has 0 amide bonds. The first-order chi connectivity index (χ1) is 16.8. The molecule has 2 aliphatic rings. The van der Waals surface area contributed by atoms with Gasteiger partial charge in [0.2, 0.25) is 0 Å². The Kier molecular flexibility index (Phi) is 5.12. The summed E-state index contributed by atoms with van der Waals surface area (Å²) >= 11 is 0. The molecule has 0 fully saturated rings. The number of nitrogens with zero attached hydrogens (tertiary/aromatic N) is 2. The smallest absolute Gasteiger partial charge is 0.0629 e. The van der Waals surface area contributed by atoms with Gasteiger partial charge in [-0.2, -0.15) is 0 Å². The van der Waals surface area contributed by atoms with Gasteiger partial charge in [-0.3, -0.25) is 0 Å². The Labute approximate surface area is 201 Å². The maximum atomic E-state index is 3.90. The van der Waals surface area contributed by atoms with E-state index in [0.29, 0.717) is 5.92 Å². The zero-order valence-corrected chi connectivity index (χ0v) is 19.0. The first-order valence-corrected chi connectivity index (χ1v) is 11.7. The lowest BCUT2D eigenvalue weighted by Gasteiger charge is -2.28. The third-order valence-electron chi connectivity index (χ3n) is 6.73. The van der Waals surface area contributed by atoms with Gasteiger partial charge in [-0.15, -0.1) is 0 Å². The van der Waals surface area contributed by atoms with Crippen LogP contribution in [-0.2, 0) is 0 Å². The van der Waals surface area contributed by atoms with Gasteiger partial charge in [-0.1, -0.05) is 85.5 Å². The third-order valence-corrected chi connectivity index (χ3v) is 6.73. The fourth-order valence-corrected chi connectivity index (χ4v) is 5.14. The molecule has 34 heavy (non-hydrogen) atoms. The highest BCUT2D eigenvalue weighted by atomic mass is 15.2. The van der Waals surface area contributed by atoms with Crippen LogP contribution in [0.25, 0.3) is 6.08 Å². The Morgan fingerprint density at radius 3 is 2.06 bits per heavy atom. The minimum atomic E-state index is 0.287. The second-order valence-corrected chi connectivity index (χ2v) is 8.70. The number of fused-ring (bicyclic) bond motifs is 3. The highest BCUT2D eigenvalue weighted by Gasteiger charge is 2.37. The van der Waals surface area contributed by atoms with E-state index in [2.05, 4.69) is 144 Å². The van der Waals surface area contributed by atoms with Crippen LogP contribution in [0.1, 0.15) is 17.0 Å². The van der Waals surface area contributed by atoms with Crippen LogP contribution in [0.5, 0.6) is 0 Å². The largest absolute Gasteiger partial charge is 0.333 e. The number of allylic oxidation sites excluding steroid dienone is 2. The number of anilines is 5. The van der Waals surface area contributed by atoms with Crippen molar-refractivity contribution in [3.05, 3.63) is 145 Å². The van der Waals surface area contributed by atoms with Gasteiger partial charge >= 0.3 is 0 Å². The minimum Gasteiger partial charge on any atom is -0.333 e. The van der Waals surface area contributed by atoms with E-state index in [1.807, 2.05) is 6.08 Å². The standard InChI is InChI=1S/C32H26N2/c1-2-24-17-19-27(20-18-24)33(25-11-5-3-6-12-25)28-21-22-32-30(23-28)29-15-9-10-16-31(29)34(32)26-13-7-4-8-14-26/h2-23,29,31H,1H2. The minimum absolute atomic E-state index is 0.287. The molecule has 2 atom stereocenters. The number of rotatable bonds is 5. The maximum Gasteiger partial charge on any atom is 0.0629 e. The number of benzene rings is 4. The predicted octanol–water partition coefficient (Wildman–Crippen LogP) is 8.53. The molecule has 1 aliphatic carbocycles. The Bertz CT molecular complexity index is 1370. The van der Waals surface area contributed by atoms with E-state index in [1.165, 1.54) is 16.9 Å². The average Bonchev–Trinajstić information content (AvgIpc) is 3.24. The van der Waals surface area contributed by atoms with E-state index in [1.54, 1.807) is 0 Å². The van der Waals surface area contributed by atoms with E-state index in [4.69, 9.17) is 0 Å². The zero-order valence-electron chi connectivity index (χ0n) is 19.0. The summed E-state index contributed by atoms with van der Waals surface area (Å²) in [4.78, 5) is 4.80. The molecule has 0 radical (unpaired) electrons. The van der Waals surface area contributed by atoms with Crippen LogP contribution in [0.15, 0.2) is 134 Å². The van der Waals surface area contributed by atoms with Gasteiger partial charge in [-0.25, -0.2) is 0 Å². The first-order valence-electron chi connectivity index (χ1n) is 11.7. The Hall–Kier alpha value is -4.30. The molecule has 0 bridgehead atoms. The Morgan fingerprint density at radius 1 is 0.676 bits per heavy atom. The van der Waals surface area contributed by atoms with Crippen molar-refractivity contribution in [3.63, 3.8) is 0 Å². The number of hydrogen-bond acceptors (Lipinski definition) is 2. The topological polar surface area (TPSA) is 6.48 Å². The molecule has 0 aromatic heterocycles. The second kappa shape index (κ2) is 8.57. The molecule has 2 heteroatoms. The molecule has 0 spiro atoms. The Balaban J connectivity index is 1.49. The van der Waals surface area contributed by atoms with Gasteiger partial charge in [0.15, 0.2) is 0 Å². The van der Waals surface area contributed by atoms with Crippen molar-refractivity contribution in [2.45, 2.75) is 12.0 Å². The molecule has 1 heterocycles. The van der Waals surface area contributed by atoms with E-state index in [-0.39, 0.29) is 6.04 Å². The van der Waals surface area contributed by atoms with Crippen molar-refractivity contribution in [1.29, 1.82) is 0 Å². The summed E-state index contributed by atoms with van der Waals surface area (Å²) in [5, 5.41) is 0. The molecule has 2 nitrogen and oxygen atoms in total. The van der Waals surface area contributed by atoms with E-state index in [0.717, 1.165) is 22.6 Å². The lowest BCUT2D eigenvalue weighted by atomic mass is 9.91. The summed E-state index contributed by atoms with van der Waals surface area (Å²) in [6, 6.07) is 37.0. The molecule has 4 aromatic carbocycles. The van der Waals surface area contributed by atoms with Crippen molar-refractivity contribution < 1.29 is 0 Å². The molecular formula is C32H26N2. The average molecular weight is 439 g/mol. The molecule has 0 saturated heterocycles. The maximum absolute atomic E-state index is 3.90. The molecule has 0 saturated carbocycles. The van der Waals surface area contributed by atoms with Crippen LogP contribution < -0.4 is 9.80 Å². The molecule has 4 aromatic rings. The molecule has 6 rings (SSSR count). The van der Waals surface area contributed by atoms with Gasteiger partial charge < -0.3 is 9.80 Å². The van der Waals surface area contributed by atoms with Crippen LogP contribution in [0.2, 0.25) is 0 Å². The van der Waals surface area contributed by atoms with Crippen LogP contribution in [0.4, 0.5) is 28.4 Å². The highest BCUT2D eigenvalue weighted by molar-refractivity contribution is 5.82. The normalized spacial score (nSPS) is 17.8. The van der Waals surface area contributed by atoms with E-state index < -0.39 is 0 Å². The van der Waals surface area contributed by atoms with E-state index >= 15 is 0 Å². The summed E-state index contributed by atoms with van der Waals surface area (Å²) in [6.45, 7) is 3.90. The predicted molar refractivity (Wildman–Crippen MR) is 145 cm³/mol. The van der Waals surface area contributed by atoms with Crippen molar-refractivity contribution in [2.75, 3.05) is 9.80 Å². The summed E-state index contributed by atoms with van der Waals surface area (Å²) in [7, 11) is 0. The molecule has 1 aliphatic heterocycles. The fraction of sp³-hybridized carbons (Fsp3) is 0.0625. The van der Waals surface area contributed by atoms with Gasteiger partial charge in [0.25, 0.3) is 0 Å². The van der Waals surface area contributed by atoms with Gasteiger partial charge in [0.1, 0.15) is 0 Å². The molecule has 164 valence electrons. The van der Waals surface area contributed by atoms with Crippen LogP contribution in [-0.4, -0.2) is 6.04 Å². The quantitative estimate of drug-likeness (QED) is 0.308. The second-order valence-electron chi connectivity index (χ2n) is 8.70. The van der Waals surface area contributed by atoms with Gasteiger partial charge in [0, 0.05) is 34.4 Å². The van der Waals surface area contributed by atoms with Gasteiger partial charge in [-0.05, 0) is 65.7 Å². The SMILES string of the molecule is C=Cc1ccc(N(c2ccccc2)c2ccc3c(c2)C2C=CC=CC2N3c2ccccc2)cc1. The van der Waals surface area contributed by atoms with Crippen molar-refractivity contribution >= 4 is 34.5 Å². The molecule has 0 N–H and O–H groups in total. The Morgan fingerprint density at radius 2 is 1.32 bits per heavy atom. The summed E-state index contributed by atoms with van der Waals surface area (Å²) in [5.41, 5.74) is 8.40. The van der Waals surface area contributed by atoms with Crippen LogP contribution in [0.3, 0.4) is 0 Å². The summed E-state index contributed by atoms with van der Waals surface area (Å²) < 4.78 is 0. The van der Waals surface area contributed by atoms with Crippen LogP contribution >= 0.6 is 0 Å². The third kappa shape index (κ3) is 3.45. The van der Waals surface area contributed by atoms with E-state index in [9.17, 15) is 0 Å².